The van der Waals surface area contributed by atoms with Crippen molar-refractivity contribution in [2.75, 3.05) is 5.32 Å². The lowest BCUT2D eigenvalue weighted by molar-refractivity contribution is -0.144. The lowest BCUT2D eigenvalue weighted by Gasteiger charge is -2.17. The Kier molecular flexibility index (Phi) is 5.25. The second kappa shape index (κ2) is 6.70. The Morgan fingerprint density at radius 3 is 2.05 bits per heavy atom. The third-order valence-electron chi connectivity index (χ3n) is 2.73. The standard InChI is InChI=1S/C14H18N2O4/c1-8(2)11(14(19)20)16-13(18)12(17)15-10-6-4-9(3)5-7-10/h4-8,11H,1-3H3,(H,15,17)(H,16,18)(H,19,20)/t11-/m1/s1. The molecule has 6 heteroatoms. The molecule has 0 aromatic heterocycles. The Labute approximate surface area is 117 Å². The lowest BCUT2D eigenvalue weighted by Crippen LogP contribution is -2.48. The lowest BCUT2D eigenvalue weighted by atomic mass is 10.0. The maximum atomic E-state index is 11.7. The van der Waals surface area contributed by atoms with E-state index in [1.807, 2.05) is 6.92 Å². The highest BCUT2D eigenvalue weighted by Crippen LogP contribution is 2.08. The fourth-order valence-corrected chi connectivity index (χ4v) is 1.55. The third-order valence-corrected chi connectivity index (χ3v) is 2.73. The van der Waals surface area contributed by atoms with E-state index in [4.69, 9.17) is 5.11 Å². The molecule has 0 bridgehead atoms. The minimum atomic E-state index is -1.17. The second-order valence-electron chi connectivity index (χ2n) is 4.85. The monoisotopic (exact) mass is 278 g/mol. The van der Waals surface area contributed by atoms with E-state index < -0.39 is 23.8 Å². The smallest absolute Gasteiger partial charge is 0.326 e. The van der Waals surface area contributed by atoms with E-state index in [0.29, 0.717) is 5.69 Å². The molecule has 0 unspecified atom stereocenters. The van der Waals surface area contributed by atoms with Crippen molar-refractivity contribution in [1.29, 1.82) is 0 Å². The molecule has 108 valence electrons. The Morgan fingerprint density at radius 2 is 1.60 bits per heavy atom. The van der Waals surface area contributed by atoms with Crippen molar-refractivity contribution in [3.63, 3.8) is 0 Å². The molecule has 1 rings (SSSR count). The summed E-state index contributed by atoms with van der Waals surface area (Å²) < 4.78 is 0. The minimum Gasteiger partial charge on any atom is -0.480 e. The molecule has 0 heterocycles. The zero-order valence-electron chi connectivity index (χ0n) is 11.6. The second-order valence-corrected chi connectivity index (χ2v) is 4.85. The molecule has 20 heavy (non-hydrogen) atoms. The number of carbonyl (C=O) groups excluding carboxylic acids is 2. The molecule has 0 fully saturated rings. The van der Waals surface area contributed by atoms with Gasteiger partial charge in [0.15, 0.2) is 0 Å². The summed E-state index contributed by atoms with van der Waals surface area (Å²) in [5, 5.41) is 13.6. The van der Waals surface area contributed by atoms with Crippen LogP contribution >= 0.6 is 0 Å². The van der Waals surface area contributed by atoms with Crippen LogP contribution in [0.3, 0.4) is 0 Å². The molecular weight excluding hydrogens is 260 g/mol. The van der Waals surface area contributed by atoms with Gasteiger partial charge in [0.1, 0.15) is 6.04 Å². The summed E-state index contributed by atoms with van der Waals surface area (Å²) in [5.74, 6) is -3.34. The van der Waals surface area contributed by atoms with Crippen LogP contribution < -0.4 is 10.6 Å². The molecular formula is C14H18N2O4. The number of carbonyl (C=O) groups is 3. The van der Waals surface area contributed by atoms with Gasteiger partial charge in [-0.05, 0) is 25.0 Å². The molecule has 0 aliphatic rings. The van der Waals surface area contributed by atoms with E-state index in [1.165, 1.54) is 0 Å². The van der Waals surface area contributed by atoms with Crippen LogP contribution in [0.25, 0.3) is 0 Å². The van der Waals surface area contributed by atoms with E-state index in [9.17, 15) is 14.4 Å². The average Bonchev–Trinajstić information content (AvgIpc) is 2.37. The molecule has 0 saturated carbocycles. The number of anilines is 1. The van der Waals surface area contributed by atoms with Crippen molar-refractivity contribution in [2.45, 2.75) is 26.8 Å². The van der Waals surface area contributed by atoms with Gasteiger partial charge in [-0.2, -0.15) is 0 Å². The van der Waals surface area contributed by atoms with Gasteiger partial charge in [0.25, 0.3) is 0 Å². The van der Waals surface area contributed by atoms with Crippen LogP contribution in [0.15, 0.2) is 24.3 Å². The van der Waals surface area contributed by atoms with Crippen molar-refractivity contribution < 1.29 is 19.5 Å². The van der Waals surface area contributed by atoms with Gasteiger partial charge >= 0.3 is 17.8 Å². The molecule has 3 N–H and O–H groups in total. The van der Waals surface area contributed by atoms with Crippen molar-refractivity contribution in [3.05, 3.63) is 29.8 Å². The van der Waals surface area contributed by atoms with E-state index in [0.717, 1.165) is 5.56 Å². The van der Waals surface area contributed by atoms with Gasteiger partial charge in [-0.25, -0.2) is 4.79 Å². The highest BCUT2D eigenvalue weighted by Gasteiger charge is 2.26. The Morgan fingerprint density at radius 1 is 1.05 bits per heavy atom. The highest BCUT2D eigenvalue weighted by molar-refractivity contribution is 6.40. The van der Waals surface area contributed by atoms with Crippen LogP contribution in [-0.4, -0.2) is 28.9 Å². The molecule has 1 atom stereocenters. The summed E-state index contributed by atoms with van der Waals surface area (Å²) >= 11 is 0. The normalized spacial score (nSPS) is 11.8. The van der Waals surface area contributed by atoms with Gasteiger partial charge in [-0.3, -0.25) is 9.59 Å². The highest BCUT2D eigenvalue weighted by atomic mass is 16.4. The molecule has 6 nitrogen and oxygen atoms in total. The summed E-state index contributed by atoms with van der Waals surface area (Å²) in [5.41, 5.74) is 1.50. The average molecular weight is 278 g/mol. The Balaban J connectivity index is 2.65. The first-order chi connectivity index (χ1) is 9.31. The largest absolute Gasteiger partial charge is 0.480 e. The SMILES string of the molecule is Cc1ccc(NC(=O)C(=O)N[C@@H](C(=O)O)C(C)C)cc1. The van der Waals surface area contributed by atoms with E-state index in [1.54, 1.807) is 38.1 Å². The zero-order valence-corrected chi connectivity index (χ0v) is 11.6. The summed E-state index contributed by atoms with van der Waals surface area (Å²) in [7, 11) is 0. The third kappa shape index (κ3) is 4.38. The number of nitrogens with one attached hydrogen (secondary N) is 2. The number of amides is 2. The van der Waals surface area contributed by atoms with Crippen LogP contribution in [0.4, 0.5) is 5.69 Å². The Hall–Kier alpha value is -2.37. The number of aliphatic carboxylic acids is 1. The summed E-state index contributed by atoms with van der Waals surface area (Å²) in [4.78, 5) is 34.3. The molecule has 0 aliphatic carbocycles. The summed E-state index contributed by atoms with van der Waals surface area (Å²) in [6, 6.07) is 5.82. The molecule has 0 radical (unpaired) electrons. The molecule has 2 amide bonds. The maximum absolute atomic E-state index is 11.7. The van der Waals surface area contributed by atoms with Crippen LogP contribution in [0, 0.1) is 12.8 Å². The quantitative estimate of drug-likeness (QED) is 0.720. The first kappa shape index (κ1) is 15.7. The fraction of sp³-hybridized carbons (Fsp3) is 0.357. The van der Waals surface area contributed by atoms with Gasteiger partial charge in [-0.15, -0.1) is 0 Å². The van der Waals surface area contributed by atoms with Gasteiger partial charge < -0.3 is 15.7 Å². The molecule has 1 aromatic carbocycles. The van der Waals surface area contributed by atoms with Gasteiger partial charge in [0.2, 0.25) is 0 Å². The number of benzene rings is 1. The van der Waals surface area contributed by atoms with Gasteiger partial charge in [-0.1, -0.05) is 31.5 Å². The van der Waals surface area contributed by atoms with Crippen molar-refractivity contribution in [1.82, 2.24) is 5.32 Å². The van der Waals surface area contributed by atoms with Crippen molar-refractivity contribution in [2.24, 2.45) is 5.92 Å². The fourth-order valence-electron chi connectivity index (χ4n) is 1.55. The van der Waals surface area contributed by atoms with E-state index in [2.05, 4.69) is 10.6 Å². The van der Waals surface area contributed by atoms with Crippen LogP contribution in [0.2, 0.25) is 0 Å². The van der Waals surface area contributed by atoms with E-state index in [-0.39, 0.29) is 5.92 Å². The zero-order chi connectivity index (χ0) is 15.3. The number of carboxylic acid groups (broad SMARTS) is 1. The van der Waals surface area contributed by atoms with E-state index >= 15 is 0 Å². The molecule has 0 spiro atoms. The molecule has 0 saturated heterocycles. The minimum absolute atomic E-state index is 0.316. The topological polar surface area (TPSA) is 95.5 Å². The van der Waals surface area contributed by atoms with Crippen LogP contribution in [0.1, 0.15) is 19.4 Å². The van der Waals surface area contributed by atoms with Gasteiger partial charge in [0.05, 0.1) is 0 Å². The van der Waals surface area contributed by atoms with Crippen LogP contribution in [0.5, 0.6) is 0 Å². The number of rotatable bonds is 4. The maximum Gasteiger partial charge on any atom is 0.326 e. The first-order valence-corrected chi connectivity index (χ1v) is 6.22. The predicted octanol–water partition coefficient (Wildman–Crippen LogP) is 1.16. The summed E-state index contributed by atoms with van der Waals surface area (Å²) in [6.07, 6.45) is 0. The number of hydrogen-bond acceptors (Lipinski definition) is 3. The summed E-state index contributed by atoms with van der Waals surface area (Å²) in [6.45, 7) is 5.20. The number of hydrogen-bond donors (Lipinski definition) is 3. The van der Waals surface area contributed by atoms with Gasteiger partial charge in [0, 0.05) is 5.69 Å². The molecule has 0 aliphatic heterocycles. The number of aryl methyl sites for hydroxylation is 1. The predicted molar refractivity (Wildman–Crippen MR) is 74.2 cm³/mol. The first-order valence-electron chi connectivity index (χ1n) is 6.22. The van der Waals surface area contributed by atoms with Crippen LogP contribution in [-0.2, 0) is 14.4 Å². The number of carboxylic acids is 1. The van der Waals surface area contributed by atoms with Crippen molar-refractivity contribution in [3.8, 4) is 0 Å². The Bertz CT molecular complexity index is 508. The molecule has 1 aromatic rings. The van der Waals surface area contributed by atoms with Crippen molar-refractivity contribution >= 4 is 23.5 Å².